The van der Waals surface area contributed by atoms with Crippen molar-refractivity contribution in [3.63, 3.8) is 0 Å². The third-order valence-corrected chi connectivity index (χ3v) is 9.04. The van der Waals surface area contributed by atoms with Crippen molar-refractivity contribution in [2.45, 2.75) is 84.7 Å². The Bertz CT molecular complexity index is 677. The Labute approximate surface area is 163 Å². The molecule has 0 aromatic carbocycles. The van der Waals surface area contributed by atoms with Crippen molar-refractivity contribution >= 4 is 5.97 Å². The number of fused-ring (bicyclic) bond motifs is 5. The lowest BCUT2D eigenvalue weighted by molar-refractivity contribution is -0.137. The molecule has 0 unspecified atom stereocenters. The minimum Gasteiger partial charge on any atom is -0.481 e. The molecule has 3 nitrogen and oxygen atoms in total. The standard InChI is InChI=1S/C24H36O3/c1-15(4-9-22(26)27)19-7-8-20-18-6-5-16-14-17(25)10-12-23(16,2)21(18)11-13-24(19,20)3/h5,7,15,17-18,20-21,25H,4,6,8-14H2,1-3H3,(H,26,27)/t15-,17+,18+,20+,21+,23+,24-/m1/s1. The maximum Gasteiger partial charge on any atom is 0.303 e. The molecule has 0 amide bonds. The fraction of sp³-hybridized carbons (Fsp3) is 0.792. The Balaban J connectivity index is 1.55. The van der Waals surface area contributed by atoms with Gasteiger partial charge in [0.25, 0.3) is 0 Å². The minimum atomic E-state index is -0.678. The SMILES string of the molecule is C[C@H](CCC(=O)O)C1=CC[C@H]2[C@@H]3CC=C4C[C@@H](O)CC[C@]4(C)[C@H]3CC[C@]12C. The average Bonchev–Trinajstić information content (AvgIpc) is 2.97. The van der Waals surface area contributed by atoms with E-state index >= 15 is 0 Å². The Kier molecular flexibility index (Phi) is 4.81. The molecule has 0 saturated heterocycles. The molecule has 0 aromatic heterocycles. The highest BCUT2D eigenvalue weighted by Crippen LogP contribution is 2.65. The molecule has 2 saturated carbocycles. The Morgan fingerprint density at radius 3 is 2.63 bits per heavy atom. The van der Waals surface area contributed by atoms with E-state index in [-0.39, 0.29) is 17.9 Å². The quantitative estimate of drug-likeness (QED) is 0.654. The van der Waals surface area contributed by atoms with Crippen LogP contribution in [0, 0.1) is 34.5 Å². The second-order valence-corrected chi connectivity index (χ2v) is 10.3. The normalized spacial score (nSPS) is 44.4. The predicted octanol–water partition coefficient (Wildman–Crippen LogP) is 5.35. The summed E-state index contributed by atoms with van der Waals surface area (Å²) in [6.07, 6.45) is 13.7. The van der Waals surface area contributed by atoms with E-state index in [2.05, 4.69) is 32.9 Å². The van der Waals surface area contributed by atoms with Crippen LogP contribution < -0.4 is 0 Å². The highest BCUT2D eigenvalue weighted by molar-refractivity contribution is 5.66. The van der Waals surface area contributed by atoms with Crippen LogP contribution in [0.1, 0.15) is 78.6 Å². The number of rotatable bonds is 4. The van der Waals surface area contributed by atoms with Gasteiger partial charge in [0.1, 0.15) is 0 Å². The zero-order chi connectivity index (χ0) is 19.4. The van der Waals surface area contributed by atoms with Crippen molar-refractivity contribution in [2.75, 3.05) is 0 Å². The van der Waals surface area contributed by atoms with Crippen molar-refractivity contribution in [1.29, 1.82) is 0 Å². The van der Waals surface area contributed by atoms with Gasteiger partial charge in [-0.3, -0.25) is 4.79 Å². The molecule has 7 atom stereocenters. The van der Waals surface area contributed by atoms with Crippen LogP contribution >= 0.6 is 0 Å². The lowest BCUT2D eigenvalue weighted by Crippen LogP contribution is -2.50. The Hall–Kier alpha value is -1.09. The van der Waals surface area contributed by atoms with Crippen LogP contribution in [-0.4, -0.2) is 22.3 Å². The first-order valence-corrected chi connectivity index (χ1v) is 11.1. The molecule has 4 aliphatic carbocycles. The van der Waals surface area contributed by atoms with Gasteiger partial charge in [0.05, 0.1) is 6.10 Å². The van der Waals surface area contributed by atoms with Crippen molar-refractivity contribution in [1.82, 2.24) is 0 Å². The number of carbonyl (C=O) groups is 1. The minimum absolute atomic E-state index is 0.135. The molecule has 0 aromatic rings. The van der Waals surface area contributed by atoms with Gasteiger partial charge in [0, 0.05) is 6.42 Å². The van der Waals surface area contributed by atoms with E-state index < -0.39 is 5.97 Å². The molecule has 4 rings (SSSR count). The van der Waals surface area contributed by atoms with Crippen molar-refractivity contribution in [3.05, 3.63) is 23.3 Å². The second-order valence-electron chi connectivity index (χ2n) is 10.3. The Morgan fingerprint density at radius 1 is 1.15 bits per heavy atom. The van der Waals surface area contributed by atoms with Gasteiger partial charge in [-0.25, -0.2) is 0 Å². The smallest absolute Gasteiger partial charge is 0.303 e. The number of aliphatic hydroxyl groups excluding tert-OH is 1. The molecule has 3 heteroatoms. The molecule has 2 N–H and O–H groups in total. The summed E-state index contributed by atoms with van der Waals surface area (Å²) >= 11 is 0. The summed E-state index contributed by atoms with van der Waals surface area (Å²) in [5.74, 6) is 1.91. The molecule has 150 valence electrons. The molecule has 4 aliphatic rings. The maximum atomic E-state index is 11.0. The van der Waals surface area contributed by atoms with Gasteiger partial charge in [0.2, 0.25) is 0 Å². The molecule has 0 radical (unpaired) electrons. The van der Waals surface area contributed by atoms with Crippen molar-refractivity contribution in [3.8, 4) is 0 Å². The fourth-order valence-corrected chi connectivity index (χ4v) is 7.50. The number of aliphatic hydroxyl groups is 1. The summed E-state index contributed by atoms with van der Waals surface area (Å²) in [5.41, 5.74) is 3.63. The first-order chi connectivity index (χ1) is 12.8. The van der Waals surface area contributed by atoms with Gasteiger partial charge in [-0.15, -0.1) is 0 Å². The van der Waals surface area contributed by atoms with E-state index in [9.17, 15) is 9.90 Å². The van der Waals surface area contributed by atoms with Gasteiger partial charge in [-0.2, -0.15) is 0 Å². The molecule has 27 heavy (non-hydrogen) atoms. The van der Waals surface area contributed by atoms with E-state index in [1.807, 2.05) is 0 Å². The van der Waals surface area contributed by atoms with Gasteiger partial charge < -0.3 is 10.2 Å². The molecule has 0 aliphatic heterocycles. The third-order valence-electron chi connectivity index (χ3n) is 9.04. The van der Waals surface area contributed by atoms with Crippen LogP contribution in [0.25, 0.3) is 0 Å². The summed E-state index contributed by atoms with van der Waals surface area (Å²) in [6.45, 7) is 7.18. The molecule has 2 fully saturated rings. The molecular weight excluding hydrogens is 336 g/mol. The van der Waals surface area contributed by atoms with E-state index in [0.29, 0.717) is 17.3 Å². The zero-order valence-corrected chi connectivity index (χ0v) is 17.2. The predicted molar refractivity (Wildman–Crippen MR) is 107 cm³/mol. The van der Waals surface area contributed by atoms with Crippen molar-refractivity contribution in [2.24, 2.45) is 34.5 Å². The molecule has 0 heterocycles. The number of carboxylic acids is 1. The molecule has 0 bridgehead atoms. The van der Waals surface area contributed by atoms with Crippen LogP contribution in [0.3, 0.4) is 0 Å². The largest absolute Gasteiger partial charge is 0.481 e. The third kappa shape index (κ3) is 3.01. The highest BCUT2D eigenvalue weighted by Gasteiger charge is 2.56. The summed E-state index contributed by atoms with van der Waals surface area (Å²) < 4.78 is 0. The highest BCUT2D eigenvalue weighted by atomic mass is 16.4. The van der Waals surface area contributed by atoms with E-state index in [4.69, 9.17) is 5.11 Å². The Morgan fingerprint density at radius 2 is 1.89 bits per heavy atom. The number of carboxylic acid groups (broad SMARTS) is 1. The first kappa shape index (κ1) is 19.2. The lowest BCUT2D eigenvalue weighted by atomic mass is 9.47. The van der Waals surface area contributed by atoms with Gasteiger partial charge in [-0.05, 0) is 85.9 Å². The summed E-state index contributed by atoms with van der Waals surface area (Å²) in [6, 6.07) is 0. The van der Waals surface area contributed by atoms with E-state index in [0.717, 1.165) is 37.5 Å². The zero-order valence-electron chi connectivity index (χ0n) is 17.2. The lowest BCUT2D eigenvalue weighted by Gasteiger charge is -2.58. The first-order valence-electron chi connectivity index (χ1n) is 11.1. The fourth-order valence-electron chi connectivity index (χ4n) is 7.50. The number of hydrogen-bond acceptors (Lipinski definition) is 2. The molecule has 0 spiro atoms. The second kappa shape index (κ2) is 6.76. The molecular formula is C24H36O3. The van der Waals surface area contributed by atoms with E-state index in [1.165, 1.54) is 31.3 Å². The summed E-state index contributed by atoms with van der Waals surface area (Å²) in [7, 11) is 0. The van der Waals surface area contributed by atoms with Crippen LogP contribution in [0.2, 0.25) is 0 Å². The summed E-state index contributed by atoms with van der Waals surface area (Å²) in [5, 5.41) is 19.2. The average molecular weight is 373 g/mol. The summed E-state index contributed by atoms with van der Waals surface area (Å²) in [4.78, 5) is 11.0. The van der Waals surface area contributed by atoms with Crippen LogP contribution in [0.15, 0.2) is 23.3 Å². The van der Waals surface area contributed by atoms with Crippen LogP contribution in [0.4, 0.5) is 0 Å². The van der Waals surface area contributed by atoms with Gasteiger partial charge in [-0.1, -0.05) is 44.1 Å². The van der Waals surface area contributed by atoms with Crippen LogP contribution in [-0.2, 0) is 4.79 Å². The van der Waals surface area contributed by atoms with Gasteiger partial charge >= 0.3 is 5.97 Å². The number of aliphatic carboxylic acids is 1. The van der Waals surface area contributed by atoms with Gasteiger partial charge in [0.15, 0.2) is 0 Å². The maximum absolute atomic E-state index is 11.0. The number of hydrogen-bond donors (Lipinski definition) is 2. The van der Waals surface area contributed by atoms with Crippen molar-refractivity contribution < 1.29 is 15.0 Å². The number of allylic oxidation sites excluding steroid dienone is 3. The van der Waals surface area contributed by atoms with Crippen LogP contribution in [0.5, 0.6) is 0 Å². The van der Waals surface area contributed by atoms with E-state index in [1.54, 1.807) is 5.57 Å². The monoisotopic (exact) mass is 372 g/mol. The topological polar surface area (TPSA) is 57.5 Å².